The van der Waals surface area contributed by atoms with Crippen LogP contribution in [0, 0.1) is 5.92 Å². The minimum atomic E-state index is -4.18. The minimum absolute atomic E-state index is 0.00292. The predicted molar refractivity (Wildman–Crippen MR) is 136 cm³/mol. The molecule has 10 heteroatoms. The lowest BCUT2D eigenvalue weighted by molar-refractivity contribution is -0.141. The summed E-state index contributed by atoms with van der Waals surface area (Å²) in [7, 11) is -4.18. The van der Waals surface area contributed by atoms with Crippen molar-refractivity contribution < 1.29 is 23.1 Å². The Kier molecular flexibility index (Phi) is 6.80. The molecule has 1 aliphatic rings. The molecule has 1 fully saturated rings. The van der Waals surface area contributed by atoms with Crippen molar-refractivity contribution in [3.63, 3.8) is 0 Å². The molecule has 0 spiro atoms. The normalized spacial score (nSPS) is 21.6. The number of carbonyl (C=O) groups excluding carboxylic acids is 1. The number of amides is 1. The van der Waals surface area contributed by atoms with Gasteiger partial charge < -0.3 is 10.4 Å². The number of halogens is 1. The van der Waals surface area contributed by atoms with Gasteiger partial charge in [0.2, 0.25) is 5.91 Å². The zero-order chi connectivity index (χ0) is 25.4. The van der Waals surface area contributed by atoms with Crippen molar-refractivity contribution in [2.24, 2.45) is 5.92 Å². The number of thiophene rings is 1. The summed E-state index contributed by atoms with van der Waals surface area (Å²) < 4.78 is 29.3. The van der Waals surface area contributed by atoms with Crippen molar-refractivity contribution >= 4 is 44.8 Å². The molecule has 184 valence electrons. The van der Waals surface area contributed by atoms with Gasteiger partial charge in [0.25, 0.3) is 10.0 Å². The first-order valence-corrected chi connectivity index (χ1v) is 13.6. The Bertz CT molecular complexity index is 1360. The molecular formula is C25H25ClN2O5S2. The zero-order valence-electron chi connectivity index (χ0n) is 19.1. The molecule has 2 aromatic carbocycles. The third-order valence-corrected chi connectivity index (χ3v) is 9.69. The van der Waals surface area contributed by atoms with E-state index in [2.05, 4.69) is 10.0 Å². The maximum Gasteiger partial charge on any atom is 0.325 e. The van der Waals surface area contributed by atoms with E-state index in [1.807, 2.05) is 0 Å². The van der Waals surface area contributed by atoms with Crippen LogP contribution >= 0.6 is 22.9 Å². The smallest absolute Gasteiger partial charge is 0.325 e. The van der Waals surface area contributed by atoms with E-state index in [0.29, 0.717) is 15.5 Å². The third kappa shape index (κ3) is 4.73. The van der Waals surface area contributed by atoms with E-state index in [4.69, 9.17) is 11.6 Å². The maximum atomic E-state index is 13.4. The molecule has 2 atom stereocenters. The van der Waals surface area contributed by atoms with Gasteiger partial charge in [-0.2, -0.15) is 4.72 Å². The van der Waals surface area contributed by atoms with Crippen molar-refractivity contribution in [3.8, 4) is 10.4 Å². The van der Waals surface area contributed by atoms with Gasteiger partial charge in [0.15, 0.2) is 0 Å². The quantitative estimate of drug-likeness (QED) is 0.380. The second kappa shape index (κ2) is 9.39. The van der Waals surface area contributed by atoms with Crippen molar-refractivity contribution in [1.82, 2.24) is 10.0 Å². The van der Waals surface area contributed by atoms with Gasteiger partial charge in [-0.3, -0.25) is 9.59 Å². The van der Waals surface area contributed by atoms with Crippen LogP contribution < -0.4 is 10.0 Å². The molecule has 0 bridgehead atoms. The van der Waals surface area contributed by atoms with Gasteiger partial charge in [-0.1, -0.05) is 67.9 Å². The molecule has 35 heavy (non-hydrogen) atoms. The van der Waals surface area contributed by atoms with Gasteiger partial charge in [-0.25, -0.2) is 8.42 Å². The van der Waals surface area contributed by atoms with Crippen molar-refractivity contribution in [1.29, 1.82) is 0 Å². The second-order valence-corrected chi connectivity index (χ2v) is 12.4. The molecule has 1 amide bonds. The molecule has 3 N–H and O–H groups in total. The molecule has 0 aliphatic heterocycles. The van der Waals surface area contributed by atoms with E-state index in [1.165, 1.54) is 6.07 Å². The van der Waals surface area contributed by atoms with Gasteiger partial charge in [0.1, 0.15) is 9.75 Å². The lowest BCUT2D eigenvalue weighted by atomic mass is 9.90. The number of carboxylic acids is 1. The van der Waals surface area contributed by atoms with Gasteiger partial charge in [-0.05, 0) is 41.8 Å². The number of benzene rings is 2. The van der Waals surface area contributed by atoms with Crippen molar-refractivity contribution in [3.05, 3.63) is 77.3 Å². The fraction of sp³-hybridized carbons (Fsp3) is 0.280. The first-order valence-electron chi connectivity index (χ1n) is 11.0. The summed E-state index contributed by atoms with van der Waals surface area (Å²) in [5.74, 6) is -1.83. The molecule has 1 aromatic heterocycles. The number of hydrogen-bond acceptors (Lipinski definition) is 5. The van der Waals surface area contributed by atoms with Gasteiger partial charge in [0, 0.05) is 27.8 Å². The predicted octanol–water partition coefficient (Wildman–Crippen LogP) is 4.28. The molecule has 3 aromatic rings. The molecule has 4 rings (SSSR count). The lowest BCUT2D eigenvalue weighted by Crippen LogP contribution is -2.51. The van der Waals surface area contributed by atoms with Crippen LogP contribution in [0.25, 0.3) is 10.4 Å². The van der Waals surface area contributed by atoms with Gasteiger partial charge in [-0.15, -0.1) is 11.3 Å². The van der Waals surface area contributed by atoms with Crippen LogP contribution in [0.2, 0.25) is 5.02 Å². The summed E-state index contributed by atoms with van der Waals surface area (Å²) in [5, 5.41) is 13.6. The Hall–Kier alpha value is -2.72. The topological polar surface area (TPSA) is 113 Å². The number of rotatable bonds is 9. The highest BCUT2D eigenvalue weighted by Gasteiger charge is 2.74. The highest BCUT2D eigenvalue weighted by atomic mass is 35.5. The standard InChI is InChI=1S/C25H25ClN2O5S2/c1-16(2)22(29)27-15-24(18-6-4-3-5-7-18)14-25(24,23(30)31)28-35(32,33)21-13-12-20(34-21)17-8-10-19(26)11-9-17/h3-13,16,28H,14-15H2,1-2H3,(H,27,29)(H,30,31)/t24-,25+/m1/s1. The molecular weight excluding hydrogens is 508 g/mol. The van der Waals surface area contributed by atoms with E-state index >= 15 is 0 Å². The van der Waals surface area contributed by atoms with E-state index in [0.717, 1.165) is 16.9 Å². The average Bonchev–Trinajstić information content (AvgIpc) is 3.20. The van der Waals surface area contributed by atoms with Crippen molar-refractivity contribution in [2.75, 3.05) is 6.54 Å². The Labute approximate surface area is 213 Å². The van der Waals surface area contributed by atoms with Crippen molar-refractivity contribution in [2.45, 2.75) is 35.4 Å². The molecule has 0 unspecified atom stereocenters. The van der Waals surface area contributed by atoms with Crippen LogP contribution in [-0.4, -0.2) is 37.5 Å². The summed E-state index contributed by atoms with van der Waals surface area (Å²) in [5.41, 5.74) is -1.49. The Morgan fingerprint density at radius 2 is 1.71 bits per heavy atom. The third-order valence-electron chi connectivity index (χ3n) is 6.32. The van der Waals surface area contributed by atoms with E-state index < -0.39 is 26.9 Å². The number of carbonyl (C=O) groups is 2. The minimum Gasteiger partial charge on any atom is -0.480 e. The van der Waals surface area contributed by atoms with Gasteiger partial charge in [0.05, 0.1) is 0 Å². The fourth-order valence-corrected chi connectivity index (χ4v) is 7.11. The van der Waals surface area contributed by atoms with Crippen LogP contribution in [0.4, 0.5) is 0 Å². The Balaban J connectivity index is 1.67. The van der Waals surface area contributed by atoms with Crippen LogP contribution in [0.15, 0.2) is 70.9 Å². The van der Waals surface area contributed by atoms with E-state index in [-0.39, 0.29) is 29.0 Å². The molecule has 0 radical (unpaired) electrons. The van der Waals surface area contributed by atoms with Gasteiger partial charge >= 0.3 is 5.97 Å². The van der Waals surface area contributed by atoms with E-state index in [1.54, 1.807) is 74.5 Å². The Morgan fingerprint density at radius 1 is 1.06 bits per heavy atom. The summed E-state index contributed by atoms with van der Waals surface area (Å²) in [6.07, 6.45) is 0.00632. The fourth-order valence-electron chi connectivity index (χ4n) is 4.24. The summed E-state index contributed by atoms with van der Waals surface area (Å²) >= 11 is 6.98. The second-order valence-electron chi connectivity index (χ2n) is 8.94. The lowest BCUT2D eigenvalue weighted by Gasteiger charge is -2.25. The SMILES string of the molecule is CC(C)C(=O)NC[C@@]1(c2ccccc2)C[C@]1(NS(=O)(=O)c1ccc(-c2ccc(Cl)cc2)s1)C(=O)O. The van der Waals surface area contributed by atoms with Crippen LogP contribution in [-0.2, 0) is 25.0 Å². The highest BCUT2D eigenvalue weighted by Crippen LogP contribution is 2.58. The van der Waals surface area contributed by atoms with Crippen LogP contribution in [0.1, 0.15) is 25.8 Å². The molecule has 1 aliphatic carbocycles. The molecule has 1 heterocycles. The zero-order valence-corrected chi connectivity index (χ0v) is 21.5. The highest BCUT2D eigenvalue weighted by molar-refractivity contribution is 7.91. The maximum absolute atomic E-state index is 13.4. The van der Waals surface area contributed by atoms with Crippen LogP contribution in [0.3, 0.4) is 0 Å². The summed E-state index contributed by atoms with van der Waals surface area (Å²) in [6, 6.07) is 19.0. The number of hydrogen-bond donors (Lipinski definition) is 3. The molecule has 0 saturated heterocycles. The number of aliphatic carboxylic acids is 1. The summed E-state index contributed by atoms with van der Waals surface area (Å²) in [6.45, 7) is 3.46. The number of sulfonamides is 1. The van der Waals surface area contributed by atoms with E-state index in [9.17, 15) is 23.1 Å². The number of carboxylic acid groups (broad SMARTS) is 1. The summed E-state index contributed by atoms with van der Waals surface area (Å²) in [4.78, 5) is 25.6. The first kappa shape index (κ1) is 25.4. The average molecular weight is 533 g/mol. The molecule has 1 saturated carbocycles. The monoisotopic (exact) mass is 532 g/mol. The molecule has 7 nitrogen and oxygen atoms in total. The van der Waals surface area contributed by atoms with Crippen LogP contribution in [0.5, 0.6) is 0 Å². The first-order chi connectivity index (χ1) is 16.5. The number of nitrogens with one attached hydrogen (secondary N) is 2. The Morgan fingerprint density at radius 3 is 2.31 bits per heavy atom. The largest absolute Gasteiger partial charge is 0.480 e.